The summed E-state index contributed by atoms with van der Waals surface area (Å²) in [5.41, 5.74) is 4.62. The van der Waals surface area contributed by atoms with Gasteiger partial charge in [0.15, 0.2) is 11.5 Å². The molecule has 4 atom stereocenters. The van der Waals surface area contributed by atoms with Crippen LogP contribution in [0.3, 0.4) is 0 Å². The number of aliphatic hydroxyl groups is 1. The van der Waals surface area contributed by atoms with Crippen LogP contribution >= 0.6 is 0 Å². The summed E-state index contributed by atoms with van der Waals surface area (Å²) >= 11 is 0. The van der Waals surface area contributed by atoms with Gasteiger partial charge >= 0.3 is 0 Å². The molecule has 0 saturated carbocycles. The smallest absolute Gasteiger partial charge is 0.226 e. The van der Waals surface area contributed by atoms with Crippen molar-refractivity contribution in [1.82, 2.24) is 19.9 Å². The third kappa shape index (κ3) is 7.36. The fourth-order valence-electron chi connectivity index (χ4n) is 5.25. The molecule has 0 spiro atoms. The molecule has 3 aromatic carbocycles. The zero-order valence-corrected chi connectivity index (χ0v) is 23.8. The van der Waals surface area contributed by atoms with Gasteiger partial charge in [-0.3, -0.25) is 0 Å². The topological polar surface area (TPSA) is 126 Å². The number of ether oxygens (including phenoxy) is 3. The molecule has 5 aromatic rings. The second-order valence-corrected chi connectivity index (χ2v) is 10.5. The van der Waals surface area contributed by atoms with Gasteiger partial charge in [-0.15, -0.1) is 0 Å². The number of hydrogen-bond acceptors (Lipinski definition) is 9. The lowest BCUT2D eigenvalue weighted by Gasteiger charge is -2.25. The third-order valence-corrected chi connectivity index (χ3v) is 7.45. The van der Waals surface area contributed by atoms with Crippen LogP contribution in [0.2, 0.25) is 0 Å². The number of nitrogens with one attached hydrogen (secondary N) is 3. The van der Waals surface area contributed by atoms with Gasteiger partial charge in [-0.2, -0.15) is 9.97 Å². The van der Waals surface area contributed by atoms with Crippen LogP contribution in [-0.4, -0.2) is 69.2 Å². The molecule has 1 aliphatic heterocycles. The molecule has 0 bridgehead atoms. The first kappa shape index (κ1) is 28.8. The largest absolute Gasteiger partial charge is 0.394 e. The molecular weight excluding hydrogens is 544 g/mol. The van der Waals surface area contributed by atoms with Gasteiger partial charge in [0.25, 0.3) is 0 Å². The first-order valence-corrected chi connectivity index (χ1v) is 14.6. The monoisotopic (exact) mass is 580 g/mol. The summed E-state index contributed by atoms with van der Waals surface area (Å²) in [4.78, 5) is 16.8. The predicted molar refractivity (Wildman–Crippen MR) is 165 cm³/mol. The summed E-state index contributed by atoms with van der Waals surface area (Å²) in [6, 6.07) is 30.2. The minimum absolute atomic E-state index is 0.188. The number of anilines is 2. The highest BCUT2D eigenvalue weighted by atomic mass is 16.6. The molecule has 1 fully saturated rings. The molecule has 3 heterocycles. The molecule has 4 N–H and O–H groups in total. The van der Waals surface area contributed by atoms with E-state index in [1.54, 1.807) is 6.33 Å². The van der Waals surface area contributed by atoms with E-state index in [0.717, 1.165) is 23.1 Å². The van der Waals surface area contributed by atoms with E-state index in [9.17, 15) is 5.11 Å². The van der Waals surface area contributed by atoms with Crippen LogP contribution in [0.25, 0.3) is 11.2 Å². The molecule has 6 rings (SSSR count). The van der Waals surface area contributed by atoms with Crippen molar-refractivity contribution in [3.05, 3.63) is 114 Å². The molecule has 43 heavy (non-hydrogen) atoms. The highest BCUT2D eigenvalue weighted by molar-refractivity contribution is 5.83. The van der Waals surface area contributed by atoms with E-state index in [1.165, 1.54) is 5.56 Å². The number of aliphatic hydroxyl groups excluding tert-OH is 1. The number of aromatic amines is 1. The maximum Gasteiger partial charge on any atom is 0.226 e. The van der Waals surface area contributed by atoms with Gasteiger partial charge in [0.1, 0.15) is 29.9 Å². The number of H-pyrrole nitrogens is 1. The van der Waals surface area contributed by atoms with Gasteiger partial charge < -0.3 is 34.9 Å². The van der Waals surface area contributed by atoms with Crippen LogP contribution < -0.4 is 10.6 Å². The third-order valence-electron chi connectivity index (χ3n) is 7.45. The summed E-state index contributed by atoms with van der Waals surface area (Å²) in [5.74, 6) is 1.09. The number of nitrogens with zero attached hydrogens (tertiary/aromatic N) is 3. The number of imidazole rings is 1. The van der Waals surface area contributed by atoms with E-state index < -0.39 is 24.4 Å². The van der Waals surface area contributed by atoms with Crippen molar-refractivity contribution in [1.29, 1.82) is 0 Å². The van der Waals surface area contributed by atoms with Crippen molar-refractivity contribution in [3.63, 3.8) is 0 Å². The van der Waals surface area contributed by atoms with Crippen molar-refractivity contribution >= 4 is 22.9 Å². The van der Waals surface area contributed by atoms with Crippen molar-refractivity contribution < 1.29 is 19.3 Å². The Balaban J connectivity index is 1.16. The van der Waals surface area contributed by atoms with Gasteiger partial charge in [-0.1, -0.05) is 91.0 Å². The number of benzene rings is 3. The van der Waals surface area contributed by atoms with Crippen molar-refractivity contribution in [3.8, 4) is 0 Å². The Bertz CT molecular complexity index is 1550. The second-order valence-electron chi connectivity index (χ2n) is 10.5. The van der Waals surface area contributed by atoms with Crippen molar-refractivity contribution in [2.75, 3.05) is 30.3 Å². The first-order chi connectivity index (χ1) is 21.3. The number of hydrogen-bond donors (Lipinski definition) is 4. The number of rotatable bonds is 14. The maximum atomic E-state index is 10.2. The van der Waals surface area contributed by atoms with Gasteiger partial charge in [0.05, 0.1) is 26.1 Å². The Kier molecular flexibility index (Phi) is 9.50. The lowest BCUT2D eigenvalue weighted by Crippen LogP contribution is -2.40. The molecule has 222 valence electrons. The summed E-state index contributed by atoms with van der Waals surface area (Å²) in [6.45, 7) is 1.63. The molecule has 0 aliphatic carbocycles. The lowest BCUT2D eigenvalue weighted by molar-refractivity contribution is -0.0829. The van der Waals surface area contributed by atoms with Crippen LogP contribution in [0.5, 0.6) is 0 Å². The summed E-state index contributed by atoms with van der Waals surface area (Å²) < 4.78 is 19.1. The number of fused-ring (bicyclic) bond motifs is 1. The molecule has 2 aromatic heterocycles. The molecule has 0 radical (unpaired) electrons. The summed E-state index contributed by atoms with van der Waals surface area (Å²) in [7, 11) is 0. The minimum Gasteiger partial charge on any atom is -0.394 e. The molecule has 10 nitrogen and oxygen atoms in total. The lowest BCUT2D eigenvalue weighted by atomic mass is 10.1. The van der Waals surface area contributed by atoms with E-state index >= 15 is 0 Å². The van der Waals surface area contributed by atoms with Crippen LogP contribution in [0.15, 0.2) is 97.3 Å². The van der Waals surface area contributed by atoms with Gasteiger partial charge in [0.2, 0.25) is 5.95 Å². The SMILES string of the molecule is OC[C@H]1O[C@@H](CNc2nc(NCCc3ccccc3)c3[nH]cnc3n2)[C@@H](OCc2ccccc2)[C@@H]1OCc1ccccc1. The fourth-order valence-corrected chi connectivity index (χ4v) is 5.25. The molecule has 10 heteroatoms. The van der Waals surface area contributed by atoms with E-state index in [1.807, 2.05) is 78.9 Å². The van der Waals surface area contributed by atoms with E-state index in [0.29, 0.717) is 43.7 Å². The van der Waals surface area contributed by atoms with Crippen LogP contribution in [0.1, 0.15) is 16.7 Å². The van der Waals surface area contributed by atoms with Crippen molar-refractivity contribution in [2.24, 2.45) is 0 Å². The Morgan fingerprint density at radius 3 is 1.98 bits per heavy atom. The van der Waals surface area contributed by atoms with Crippen LogP contribution in [-0.2, 0) is 33.8 Å². The predicted octanol–water partition coefficient (Wildman–Crippen LogP) is 4.35. The summed E-state index contributed by atoms with van der Waals surface area (Å²) in [6.07, 6.45) is 0.596. The molecule has 1 saturated heterocycles. The highest BCUT2D eigenvalue weighted by Crippen LogP contribution is 2.29. The zero-order valence-electron chi connectivity index (χ0n) is 23.8. The van der Waals surface area contributed by atoms with Crippen LogP contribution in [0.4, 0.5) is 11.8 Å². The molecule has 1 aliphatic rings. The molecule has 0 amide bonds. The number of aromatic nitrogens is 4. The van der Waals surface area contributed by atoms with Gasteiger partial charge in [0, 0.05) is 13.1 Å². The van der Waals surface area contributed by atoms with Crippen molar-refractivity contribution in [2.45, 2.75) is 44.1 Å². The minimum atomic E-state index is -0.541. The van der Waals surface area contributed by atoms with Gasteiger partial charge in [-0.05, 0) is 23.1 Å². The Morgan fingerprint density at radius 1 is 0.744 bits per heavy atom. The first-order valence-electron chi connectivity index (χ1n) is 14.6. The Labute approximate surface area is 250 Å². The maximum absolute atomic E-state index is 10.2. The average molecular weight is 581 g/mol. The van der Waals surface area contributed by atoms with E-state index in [4.69, 9.17) is 19.2 Å². The molecule has 0 unspecified atom stereocenters. The molecular formula is C33H36N6O4. The Morgan fingerprint density at radius 2 is 1.35 bits per heavy atom. The quantitative estimate of drug-likeness (QED) is 0.152. The average Bonchev–Trinajstić information content (AvgIpc) is 3.67. The zero-order chi connectivity index (χ0) is 29.3. The van der Waals surface area contributed by atoms with Crippen LogP contribution in [0, 0.1) is 0 Å². The highest BCUT2D eigenvalue weighted by Gasteiger charge is 2.46. The Hall–Kier alpha value is -4.35. The van der Waals surface area contributed by atoms with E-state index in [2.05, 4.69) is 37.7 Å². The summed E-state index contributed by atoms with van der Waals surface area (Å²) in [5, 5.41) is 17.0. The van der Waals surface area contributed by atoms with Gasteiger partial charge in [-0.25, -0.2) is 4.98 Å². The standard InChI is InChI=1S/C33H36N6O4/c40-19-27-30(42-21-25-14-8-3-9-15-25)29(41-20-24-12-6-2-7-13-24)26(43-27)18-35-33-38-31(28-32(39-33)37-22-36-28)34-17-16-23-10-4-1-5-11-23/h1-15,22,26-27,29-30,40H,16-21H2,(H3,34,35,36,37,38,39)/t26-,27+,29+,30+/m0/s1. The van der Waals surface area contributed by atoms with E-state index in [-0.39, 0.29) is 6.61 Å². The second kappa shape index (κ2) is 14.2. The normalized spacial score (nSPS) is 19.9. The fraction of sp³-hybridized carbons (Fsp3) is 0.303.